The molecule has 2 saturated heterocycles. The summed E-state index contributed by atoms with van der Waals surface area (Å²) in [6.45, 7) is 7.17. The summed E-state index contributed by atoms with van der Waals surface area (Å²) in [5, 5.41) is 6.44. The molecule has 3 unspecified atom stereocenters. The van der Waals surface area contributed by atoms with E-state index in [0.29, 0.717) is 12.0 Å². The standard InChI is InChI=1S/C14H28N4O/c1-11-4-5-15-13(8-11)14(19)16-9-12-10-17(2)6-7-18(12)3/h11-13,15H,4-10H2,1-3H3,(H,16,19). The highest BCUT2D eigenvalue weighted by atomic mass is 16.2. The average Bonchev–Trinajstić information content (AvgIpc) is 2.39. The van der Waals surface area contributed by atoms with E-state index in [1.807, 2.05) is 0 Å². The Morgan fingerprint density at radius 1 is 1.37 bits per heavy atom. The summed E-state index contributed by atoms with van der Waals surface area (Å²) >= 11 is 0. The van der Waals surface area contributed by atoms with Crippen LogP contribution in [0.1, 0.15) is 19.8 Å². The largest absolute Gasteiger partial charge is 0.353 e. The van der Waals surface area contributed by atoms with Crippen molar-refractivity contribution in [1.29, 1.82) is 0 Å². The van der Waals surface area contributed by atoms with Gasteiger partial charge in [0.2, 0.25) is 5.91 Å². The summed E-state index contributed by atoms with van der Waals surface area (Å²) in [7, 11) is 4.29. The number of rotatable bonds is 3. The van der Waals surface area contributed by atoms with Gasteiger partial charge in [-0.25, -0.2) is 0 Å². The Balaban J connectivity index is 1.76. The van der Waals surface area contributed by atoms with Crippen LogP contribution in [0.2, 0.25) is 0 Å². The van der Waals surface area contributed by atoms with E-state index in [1.165, 1.54) is 6.42 Å². The highest BCUT2D eigenvalue weighted by Crippen LogP contribution is 2.15. The van der Waals surface area contributed by atoms with Gasteiger partial charge in [0.1, 0.15) is 0 Å². The number of carbonyl (C=O) groups is 1. The highest BCUT2D eigenvalue weighted by molar-refractivity contribution is 5.81. The maximum Gasteiger partial charge on any atom is 0.237 e. The number of hydrogen-bond acceptors (Lipinski definition) is 4. The first-order chi connectivity index (χ1) is 9.06. The average molecular weight is 268 g/mol. The van der Waals surface area contributed by atoms with Crippen LogP contribution in [0.25, 0.3) is 0 Å². The van der Waals surface area contributed by atoms with E-state index in [1.54, 1.807) is 0 Å². The molecule has 3 atom stereocenters. The minimum absolute atomic E-state index is 0.00961. The predicted octanol–water partition coefficient (Wildman–Crippen LogP) is -0.263. The molecule has 2 heterocycles. The fraction of sp³-hybridized carbons (Fsp3) is 0.929. The lowest BCUT2D eigenvalue weighted by molar-refractivity contribution is -0.124. The van der Waals surface area contributed by atoms with Crippen LogP contribution in [-0.4, -0.2) is 74.6 Å². The first-order valence-corrected chi connectivity index (χ1v) is 7.46. The zero-order valence-electron chi connectivity index (χ0n) is 12.5. The molecule has 0 aromatic rings. The van der Waals surface area contributed by atoms with Crippen molar-refractivity contribution in [3.05, 3.63) is 0 Å². The van der Waals surface area contributed by atoms with Gasteiger partial charge < -0.3 is 15.5 Å². The SMILES string of the molecule is CC1CCNC(C(=O)NCC2CN(C)CCN2C)C1. The van der Waals surface area contributed by atoms with Crippen LogP contribution < -0.4 is 10.6 Å². The third-order valence-corrected chi connectivity index (χ3v) is 4.47. The lowest BCUT2D eigenvalue weighted by atomic mass is 9.94. The summed E-state index contributed by atoms with van der Waals surface area (Å²) in [6, 6.07) is 0.444. The van der Waals surface area contributed by atoms with Crippen LogP contribution in [0.4, 0.5) is 0 Å². The summed E-state index contributed by atoms with van der Waals surface area (Å²) < 4.78 is 0. The van der Waals surface area contributed by atoms with Gasteiger partial charge in [-0.3, -0.25) is 9.69 Å². The van der Waals surface area contributed by atoms with Crippen molar-refractivity contribution in [1.82, 2.24) is 20.4 Å². The molecule has 2 fully saturated rings. The van der Waals surface area contributed by atoms with Gasteiger partial charge in [-0.15, -0.1) is 0 Å². The molecule has 5 heteroatoms. The Bertz CT molecular complexity index is 310. The summed E-state index contributed by atoms with van der Waals surface area (Å²) in [4.78, 5) is 16.8. The van der Waals surface area contributed by atoms with Crippen LogP contribution in [0.15, 0.2) is 0 Å². The van der Waals surface area contributed by atoms with Gasteiger partial charge in [-0.05, 0) is 39.4 Å². The maximum absolute atomic E-state index is 12.2. The molecule has 5 nitrogen and oxygen atoms in total. The monoisotopic (exact) mass is 268 g/mol. The van der Waals surface area contributed by atoms with Crippen molar-refractivity contribution in [2.75, 3.05) is 46.8 Å². The maximum atomic E-state index is 12.2. The van der Waals surface area contributed by atoms with Crippen LogP contribution in [0.5, 0.6) is 0 Å². The molecule has 2 N–H and O–H groups in total. The molecule has 2 rings (SSSR count). The summed E-state index contributed by atoms with van der Waals surface area (Å²) in [6.07, 6.45) is 2.15. The van der Waals surface area contributed by atoms with Gasteiger partial charge in [0, 0.05) is 32.2 Å². The van der Waals surface area contributed by atoms with E-state index in [9.17, 15) is 4.79 Å². The summed E-state index contributed by atoms with van der Waals surface area (Å²) in [5.41, 5.74) is 0. The predicted molar refractivity (Wildman–Crippen MR) is 77.1 cm³/mol. The first-order valence-electron chi connectivity index (χ1n) is 7.46. The molecule has 0 saturated carbocycles. The summed E-state index contributed by atoms with van der Waals surface area (Å²) in [5.74, 6) is 0.827. The second-order valence-electron chi connectivity index (χ2n) is 6.28. The van der Waals surface area contributed by atoms with Crippen molar-refractivity contribution < 1.29 is 4.79 Å². The topological polar surface area (TPSA) is 47.6 Å². The molecular weight excluding hydrogens is 240 g/mol. The molecule has 1 amide bonds. The molecule has 0 aromatic carbocycles. The normalized spacial score (nSPS) is 34.2. The number of likely N-dealkylation sites (N-methyl/N-ethyl adjacent to an activating group) is 2. The van der Waals surface area contributed by atoms with E-state index in [4.69, 9.17) is 0 Å². The molecule has 2 aliphatic heterocycles. The Labute approximate surface area is 116 Å². The van der Waals surface area contributed by atoms with Crippen molar-refractivity contribution >= 4 is 5.91 Å². The number of carbonyl (C=O) groups excluding carboxylic acids is 1. The fourth-order valence-electron chi connectivity index (χ4n) is 2.97. The van der Waals surface area contributed by atoms with Crippen molar-refractivity contribution in [3.63, 3.8) is 0 Å². The second kappa shape index (κ2) is 6.68. The minimum atomic E-state index is 0.00961. The molecule has 19 heavy (non-hydrogen) atoms. The van der Waals surface area contributed by atoms with Gasteiger partial charge in [0.25, 0.3) is 0 Å². The second-order valence-corrected chi connectivity index (χ2v) is 6.28. The van der Waals surface area contributed by atoms with Gasteiger partial charge in [0.05, 0.1) is 6.04 Å². The van der Waals surface area contributed by atoms with Crippen molar-refractivity contribution in [2.24, 2.45) is 5.92 Å². The Hall–Kier alpha value is -0.650. The van der Waals surface area contributed by atoms with E-state index in [0.717, 1.165) is 39.1 Å². The van der Waals surface area contributed by atoms with E-state index in [2.05, 4.69) is 41.5 Å². The lowest BCUT2D eigenvalue weighted by Crippen LogP contribution is -2.56. The number of amides is 1. The molecule has 110 valence electrons. The number of nitrogens with zero attached hydrogens (tertiary/aromatic N) is 2. The number of nitrogens with one attached hydrogen (secondary N) is 2. The zero-order valence-corrected chi connectivity index (χ0v) is 12.5. The van der Waals surface area contributed by atoms with Crippen LogP contribution in [0.3, 0.4) is 0 Å². The minimum Gasteiger partial charge on any atom is -0.353 e. The van der Waals surface area contributed by atoms with Gasteiger partial charge in [0.15, 0.2) is 0 Å². The van der Waals surface area contributed by atoms with Gasteiger partial charge in [-0.1, -0.05) is 6.92 Å². The number of hydrogen-bond donors (Lipinski definition) is 2. The molecule has 0 bridgehead atoms. The fourth-order valence-corrected chi connectivity index (χ4v) is 2.97. The van der Waals surface area contributed by atoms with Crippen LogP contribution in [-0.2, 0) is 4.79 Å². The van der Waals surface area contributed by atoms with Crippen LogP contribution >= 0.6 is 0 Å². The first kappa shape index (κ1) is 14.8. The van der Waals surface area contributed by atoms with Gasteiger partial charge in [-0.2, -0.15) is 0 Å². The molecule has 0 aliphatic carbocycles. The third-order valence-electron chi connectivity index (χ3n) is 4.47. The Morgan fingerprint density at radius 3 is 2.89 bits per heavy atom. The number of piperidine rings is 1. The Kier molecular flexibility index (Phi) is 5.19. The molecule has 0 aromatic heterocycles. The van der Waals surface area contributed by atoms with Crippen molar-refractivity contribution in [3.8, 4) is 0 Å². The quantitative estimate of drug-likeness (QED) is 0.740. The Morgan fingerprint density at radius 2 is 2.16 bits per heavy atom. The van der Waals surface area contributed by atoms with E-state index in [-0.39, 0.29) is 11.9 Å². The smallest absolute Gasteiger partial charge is 0.237 e. The van der Waals surface area contributed by atoms with E-state index >= 15 is 0 Å². The molecular formula is C14H28N4O. The highest BCUT2D eigenvalue weighted by Gasteiger charge is 2.26. The molecule has 0 radical (unpaired) electrons. The molecule has 0 spiro atoms. The third kappa shape index (κ3) is 4.16. The zero-order chi connectivity index (χ0) is 13.8. The molecule has 2 aliphatic rings. The van der Waals surface area contributed by atoms with Crippen molar-refractivity contribution in [2.45, 2.75) is 31.8 Å². The van der Waals surface area contributed by atoms with E-state index < -0.39 is 0 Å². The lowest BCUT2D eigenvalue weighted by Gasteiger charge is -2.38. The van der Waals surface area contributed by atoms with Crippen LogP contribution in [0, 0.1) is 5.92 Å². The number of piperazine rings is 1. The van der Waals surface area contributed by atoms with Gasteiger partial charge >= 0.3 is 0 Å².